The summed E-state index contributed by atoms with van der Waals surface area (Å²) >= 11 is 6.27. The maximum Gasteiger partial charge on any atom is 0.294 e. The van der Waals surface area contributed by atoms with Crippen LogP contribution in [0.15, 0.2) is 89.6 Å². The lowest BCUT2D eigenvalue weighted by Gasteiger charge is -2.47. The second kappa shape index (κ2) is 16.1. The Labute approximate surface area is 337 Å². The number of carbonyl (C=O) groups is 1. The summed E-state index contributed by atoms with van der Waals surface area (Å²) in [6.07, 6.45) is 11.8. The van der Waals surface area contributed by atoms with Crippen molar-refractivity contribution in [3.63, 3.8) is 0 Å². The number of halogens is 1. The zero-order valence-corrected chi connectivity index (χ0v) is 33.0. The molecule has 8 rings (SSSR count). The van der Waals surface area contributed by atoms with Crippen molar-refractivity contribution in [3.8, 4) is 11.5 Å². The summed E-state index contributed by atoms with van der Waals surface area (Å²) < 4.78 is 22.3. The third-order valence-corrected chi connectivity index (χ3v) is 12.9. The van der Waals surface area contributed by atoms with Gasteiger partial charge in [-0.2, -0.15) is 0 Å². The summed E-state index contributed by atoms with van der Waals surface area (Å²) in [5.74, 6) is -0.0511. The maximum atomic E-state index is 13.8. The Morgan fingerprint density at radius 1 is 1.09 bits per heavy atom. The number of aromatic amines is 1. The Morgan fingerprint density at radius 2 is 1.88 bits per heavy atom. The first kappa shape index (κ1) is 38.3. The van der Waals surface area contributed by atoms with E-state index in [-0.39, 0.29) is 33.1 Å². The van der Waals surface area contributed by atoms with Crippen LogP contribution in [0.4, 0.5) is 17.1 Å². The smallest absolute Gasteiger partial charge is 0.294 e. The number of hydrogen-bond donors (Lipinski definition) is 4. The number of fused-ring (bicyclic) bond motifs is 1. The van der Waals surface area contributed by atoms with E-state index in [4.69, 9.17) is 21.7 Å². The zero-order valence-electron chi connectivity index (χ0n) is 31.5. The van der Waals surface area contributed by atoms with Gasteiger partial charge < -0.3 is 25.3 Å². The molecule has 0 bridgehead atoms. The van der Waals surface area contributed by atoms with Gasteiger partial charge in [0.2, 0.25) is 0 Å². The lowest BCUT2D eigenvalue weighted by molar-refractivity contribution is -0.384. The second-order valence-corrected chi connectivity index (χ2v) is 16.7. The van der Waals surface area contributed by atoms with Gasteiger partial charge in [0, 0.05) is 86.0 Å². The Kier molecular flexibility index (Phi) is 10.8. The Balaban J connectivity index is 1.02. The molecule has 1 aliphatic heterocycles. The lowest BCUT2D eigenvalue weighted by Crippen LogP contribution is -2.47. The summed E-state index contributed by atoms with van der Waals surface area (Å²) in [6, 6.07) is 19.8. The van der Waals surface area contributed by atoms with Gasteiger partial charge in [0.25, 0.3) is 11.6 Å². The molecule has 2 fully saturated rings. The summed E-state index contributed by atoms with van der Waals surface area (Å²) in [5.41, 5.74) is 6.36. The van der Waals surface area contributed by atoms with Crippen LogP contribution in [0.25, 0.3) is 16.6 Å². The Hall–Kier alpha value is -5.57. The number of nitrogens with zero attached hydrogens (tertiary/aromatic N) is 4. The van der Waals surface area contributed by atoms with Crippen molar-refractivity contribution >= 4 is 68.4 Å². The van der Waals surface area contributed by atoms with Crippen molar-refractivity contribution < 1.29 is 18.7 Å². The zero-order chi connectivity index (χ0) is 39.7. The van der Waals surface area contributed by atoms with Gasteiger partial charge in [-0.15, -0.1) is 0 Å². The number of carbonyl (C=O) groups excluding carboxylic acids is 1. The molecule has 13 nitrogen and oxygen atoms in total. The molecule has 2 aromatic heterocycles. The van der Waals surface area contributed by atoms with Crippen LogP contribution in [0.2, 0.25) is 5.02 Å². The van der Waals surface area contributed by atoms with Gasteiger partial charge in [0.1, 0.15) is 22.8 Å². The number of benzene rings is 3. The maximum absolute atomic E-state index is 13.8. The van der Waals surface area contributed by atoms with E-state index >= 15 is 0 Å². The van der Waals surface area contributed by atoms with Gasteiger partial charge >= 0.3 is 0 Å². The van der Waals surface area contributed by atoms with Gasteiger partial charge in [0.05, 0.1) is 21.6 Å². The van der Waals surface area contributed by atoms with Crippen LogP contribution in [0.5, 0.6) is 11.5 Å². The molecule has 0 radical (unpaired) electrons. The van der Waals surface area contributed by atoms with E-state index in [0.29, 0.717) is 16.8 Å². The van der Waals surface area contributed by atoms with E-state index in [1.165, 1.54) is 55.5 Å². The van der Waals surface area contributed by atoms with Crippen LogP contribution in [0, 0.1) is 20.9 Å². The predicted molar refractivity (Wildman–Crippen MR) is 224 cm³/mol. The summed E-state index contributed by atoms with van der Waals surface area (Å²) in [4.78, 5) is 37.3. The quantitative estimate of drug-likeness (QED) is 0.0550. The average Bonchev–Trinajstić information content (AvgIpc) is 3.68. The molecule has 2 aliphatic carbocycles. The first-order valence-corrected chi connectivity index (χ1v) is 20.6. The highest BCUT2D eigenvalue weighted by atomic mass is 35.5. The van der Waals surface area contributed by atoms with Crippen LogP contribution < -0.4 is 19.7 Å². The third-order valence-electron chi connectivity index (χ3n) is 11.6. The molecule has 1 amide bonds. The molecular weight excluding hydrogens is 764 g/mol. The van der Waals surface area contributed by atoms with E-state index in [0.717, 1.165) is 73.9 Å². The molecule has 3 heterocycles. The minimum Gasteiger partial charge on any atom is -0.455 e. The molecule has 1 spiro atoms. The van der Waals surface area contributed by atoms with Gasteiger partial charge in [-0.25, -0.2) is 9.19 Å². The number of amides is 1. The fourth-order valence-electron chi connectivity index (χ4n) is 8.36. The van der Waals surface area contributed by atoms with Crippen molar-refractivity contribution in [3.05, 3.63) is 117 Å². The topological polar surface area (TPSA) is 170 Å². The van der Waals surface area contributed by atoms with Gasteiger partial charge in [-0.05, 0) is 91.1 Å². The van der Waals surface area contributed by atoms with E-state index in [1.807, 2.05) is 36.4 Å². The fourth-order valence-corrected chi connectivity index (χ4v) is 9.34. The molecule has 57 heavy (non-hydrogen) atoms. The number of nitrogens with one attached hydrogen (secondary N) is 4. The molecule has 4 N–H and O–H groups in total. The molecular formula is C42H43ClN8O5S. The predicted octanol–water partition coefficient (Wildman–Crippen LogP) is 8.34. The van der Waals surface area contributed by atoms with Crippen LogP contribution in [0.1, 0.15) is 60.0 Å². The molecule has 3 aromatic carbocycles. The van der Waals surface area contributed by atoms with E-state index in [2.05, 4.69) is 41.9 Å². The molecule has 5 aromatic rings. The highest BCUT2D eigenvalue weighted by Gasteiger charge is 2.41. The second-order valence-electron chi connectivity index (χ2n) is 15.0. The Bertz CT molecular complexity index is 2420. The van der Waals surface area contributed by atoms with Gasteiger partial charge in [-0.3, -0.25) is 24.5 Å². The number of H-pyrrole nitrogens is 1. The molecule has 294 valence electrons. The number of nitro groups is 1. The van der Waals surface area contributed by atoms with Gasteiger partial charge in [-0.1, -0.05) is 35.7 Å². The summed E-state index contributed by atoms with van der Waals surface area (Å²) in [5, 5.41) is 23.8. The minimum absolute atomic E-state index is 0.0292. The van der Waals surface area contributed by atoms with Crippen molar-refractivity contribution in [2.24, 2.45) is 5.41 Å². The van der Waals surface area contributed by atoms with Crippen LogP contribution in [-0.2, 0) is 11.0 Å². The number of ether oxygens (including phenoxy) is 1. The number of anilines is 2. The third kappa shape index (κ3) is 8.02. The minimum atomic E-state index is -2.20. The number of aromatic nitrogens is 2. The Morgan fingerprint density at radius 3 is 2.58 bits per heavy atom. The van der Waals surface area contributed by atoms with Crippen molar-refractivity contribution in [1.82, 2.24) is 19.6 Å². The normalized spacial score (nSPS) is 17.3. The van der Waals surface area contributed by atoms with Crippen LogP contribution in [-0.4, -0.2) is 75.9 Å². The number of pyridine rings is 1. The number of nitro benzene ring substituents is 1. The van der Waals surface area contributed by atoms with E-state index in [1.54, 1.807) is 18.5 Å². The lowest BCUT2D eigenvalue weighted by atomic mass is 9.59. The molecule has 1 unspecified atom stereocenters. The van der Waals surface area contributed by atoms with Crippen molar-refractivity contribution in [1.29, 1.82) is 5.41 Å². The standard InChI is InChI=1S/C42H43ClN8O5S/c1-45-39-30(24-44)20-34(22-37(39)51(53)54)57(55)48-41(52)35-8-7-32(21-38(35)56-33-19-28-10-14-46-40(28)47-25-33)50-17-15-49(16-18-50)26-29-9-13-42(11-2-12-42)23-36(29)27-3-5-31(43)6-4-27/h3-8,10,14,19-22,24-25,44-45H,2,9,11-13,15-18,23,26H2,1H3,(H,46,47)(H,48,52). The van der Waals surface area contributed by atoms with E-state index in [9.17, 15) is 19.1 Å². The van der Waals surface area contributed by atoms with Crippen molar-refractivity contribution in [2.75, 3.05) is 50.0 Å². The number of rotatable bonds is 12. The number of hydrogen-bond acceptors (Lipinski definition) is 10. The van der Waals surface area contributed by atoms with Crippen molar-refractivity contribution in [2.45, 2.75) is 43.4 Å². The average molecular weight is 807 g/mol. The van der Waals surface area contributed by atoms with Crippen LogP contribution >= 0.6 is 11.6 Å². The number of piperazine rings is 1. The van der Waals surface area contributed by atoms with Crippen LogP contribution in [0.3, 0.4) is 0 Å². The first-order chi connectivity index (χ1) is 27.6. The molecule has 1 saturated carbocycles. The first-order valence-electron chi connectivity index (χ1n) is 19.0. The van der Waals surface area contributed by atoms with Gasteiger partial charge in [0.15, 0.2) is 11.0 Å². The molecule has 15 heteroatoms. The molecule has 3 aliphatic rings. The highest BCUT2D eigenvalue weighted by Crippen LogP contribution is 2.55. The monoisotopic (exact) mass is 806 g/mol. The fraction of sp³-hybridized carbons (Fsp3) is 0.310. The molecule has 1 atom stereocenters. The molecule has 1 saturated heterocycles. The summed E-state index contributed by atoms with van der Waals surface area (Å²) in [6.45, 7) is 4.21. The number of allylic oxidation sites excluding steroid dienone is 1. The summed E-state index contributed by atoms with van der Waals surface area (Å²) in [7, 11) is -0.699. The largest absolute Gasteiger partial charge is 0.455 e. The SMILES string of the molecule is CNc1c(C=N)cc(S(=O)NC(=O)c2ccc(N3CCN(CC4=C(c5ccc(Cl)cc5)CC5(CCC5)CC4)CC3)cc2Oc2cnc3[nH]ccc3c2)cc1[N+](=O)[O-]. The van der Waals surface area contributed by atoms with E-state index < -0.39 is 21.8 Å². The highest BCUT2D eigenvalue weighted by molar-refractivity contribution is 7.83.